The quantitative estimate of drug-likeness (QED) is 0.404. The Morgan fingerprint density at radius 3 is 2.64 bits per heavy atom. The van der Waals surface area contributed by atoms with Gasteiger partial charge in [0.15, 0.2) is 11.6 Å². The van der Waals surface area contributed by atoms with Crippen molar-refractivity contribution in [2.24, 2.45) is 0 Å². The number of aromatic nitrogens is 4. The fourth-order valence-electron chi connectivity index (χ4n) is 4.05. The molecule has 6 nitrogen and oxygen atoms in total. The lowest BCUT2D eigenvalue weighted by molar-refractivity contribution is 0.254. The molecule has 33 heavy (non-hydrogen) atoms. The van der Waals surface area contributed by atoms with E-state index in [2.05, 4.69) is 15.0 Å². The third kappa shape index (κ3) is 4.04. The van der Waals surface area contributed by atoms with Crippen molar-refractivity contribution in [1.82, 2.24) is 24.4 Å². The van der Waals surface area contributed by atoms with Crippen molar-refractivity contribution >= 4 is 11.0 Å². The number of hydrogen-bond acceptors (Lipinski definition) is 5. The van der Waals surface area contributed by atoms with Crippen molar-refractivity contribution in [2.75, 3.05) is 27.2 Å². The molecule has 5 rings (SSSR count). The molecule has 1 aliphatic rings. The summed E-state index contributed by atoms with van der Waals surface area (Å²) in [6.07, 6.45) is 3.22. The van der Waals surface area contributed by atoms with Gasteiger partial charge in [-0.2, -0.15) is 0 Å². The minimum Gasteiger partial charge on any atom is -0.475 e. The minimum atomic E-state index is -1.23. The summed E-state index contributed by atoms with van der Waals surface area (Å²) < 4.78 is 49.9. The third-order valence-electron chi connectivity index (χ3n) is 5.68. The van der Waals surface area contributed by atoms with Gasteiger partial charge in [-0.3, -0.25) is 0 Å². The van der Waals surface area contributed by atoms with E-state index in [1.165, 1.54) is 0 Å². The zero-order valence-corrected chi connectivity index (χ0v) is 18.3. The zero-order chi connectivity index (χ0) is 23.1. The van der Waals surface area contributed by atoms with Crippen molar-refractivity contribution < 1.29 is 17.9 Å². The molecule has 0 fully saturated rings. The second-order valence-electron chi connectivity index (χ2n) is 8.29. The molecular weight excluding hydrogens is 431 g/mol. The number of nitrogens with zero attached hydrogens (tertiary/aromatic N) is 5. The normalized spacial score (nSPS) is 13.2. The van der Waals surface area contributed by atoms with Crippen LogP contribution >= 0.6 is 0 Å². The van der Waals surface area contributed by atoms with Gasteiger partial charge in [-0.05, 0) is 38.7 Å². The SMILES string of the molecule is CN(C)CCOc1cnc2ccc(-c3c(-c4cc(F)c(F)cc4F)nc4n3CCC4)cc2n1. The number of benzene rings is 2. The molecule has 4 aromatic rings. The lowest BCUT2D eigenvalue weighted by Crippen LogP contribution is -2.19. The van der Waals surface area contributed by atoms with E-state index in [0.29, 0.717) is 41.8 Å². The molecule has 2 aromatic heterocycles. The van der Waals surface area contributed by atoms with E-state index in [1.54, 1.807) is 6.20 Å². The Kier molecular flexibility index (Phi) is 5.49. The molecule has 3 heterocycles. The minimum absolute atomic E-state index is 0.0715. The fraction of sp³-hybridized carbons (Fsp3) is 0.292. The van der Waals surface area contributed by atoms with Gasteiger partial charge >= 0.3 is 0 Å². The molecule has 0 saturated heterocycles. The summed E-state index contributed by atoms with van der Waals surface area (Å²) in [6.45, 7) is 1.92. The van der Waals surface area contributed by atoms with Gasteiger partial charge in [0.25, 0.3) is 0 Å². The predicted molar refractivity (Wildman–Crippen MR) is 118 cm³/mol. The number of likely N-dealkylation sites (N-methyl/N-ethyl adjacent to an activating group) is 1. The van der Waals surface area contributed by atoms with Crippen LogP contribution in [0.4, 0.5) is 13.2 Å². The Labute approximate surface area is 188 Å². The number of aryl methyl sites for hydroxylation is 1. The van der Waals surface area contributed by atoms with Gasteiger partial charge in [-0.15, -0.1) is 0 Å². The molecule has 9 heteroatoms. The van der Waals surface area contributed by atoms with Crippen LogP contribution in [0.3, 0.4) is 0 Å². The topological polar surface area (TPSA) is 56.1 Å². The highest BCUT2D eigenvalue weighted by atomic mass is 19.2. The van der Waals surface area contributed by atoms with Crippen molar-refractivity contribution in [3.63, 3.8) is 0 Å². The Balaban J connectivity index is 1.60. The number of ether oxygens (including phenoxy) is 1. The van der Waals surface area contributed by atoms with Crippen LogP contribution in [0, 0.1) is 17.5 Å². The molecule has 0 bridgehead atoms. The number of imidazole rings is 1. The van der Waals surface area contributed by atoms with Gasteiger partial charge in [0.1, 0.15) is 18.2 Å². The summed E-state index contributed by atoms with van der Waals surface area (Å²) >= 11 is 0. The maximum absolute atomic E-state index is 14.7. The Morgan fingerprint density at radius 1 is 1.00 bits per heavy atom. The summed E-state index contributed by atoms with van der Waals surface area (Å²) in [7, 11) is 3.91. The highest BCUT2D eigenvalue weighted by Gasteiger charge is 2.26. The summed E-state index contributed by atoms with van der Waals surface area (Å²) in [5.74, 6) is -2.01. The van der Waals surface area contributed by atoms with Crippen LogP contribution < -0.4 is 4.74 Å². The van der Waals surface area contributed by atoms with Gasteiger partial charge in [0.05, 0.1) is 28.6 Å². The standard InChI is InChI=1S/C24H22F3N5O/c1-31(2)8-9-33-22-13-28-19-6-5-14(10-20(19)29-22)24-23(30-21-4-3-7-32(21)24)15-11-17(26)18(27)12-16(15)25/h5-6,10-13H,3-4,7-9H2,1-2H3. The number of hydrogen-bond donors (Lipinski definition) is 0. The third-order valence-corrected chi connectivity index (χ3v) is 5.68. The molecule has 170 valence electrons. The van der Waals surface area contributed by atoms with E-state index in [9.17, 15) is 13.2 Å². The summed E-state index contributed by atoms with van der Waals surface area (Å²) in [4.78, 5) is 15.6. The molecule has 0 amide bonds. The summed E-state index contributed by atoms with van der Waals surface area (Å²) in [5.41, 5.74) is 2.89. The molecular formula is C24H22F3N5O. The first-order valence-corrected chi connectivity index (χ1v) is 10.7. The second kappa shape index (κ2) is 8.47. The van der Waals surface area contributed by atoms with Crippen molar-refractivity contribution in [3.05, 3.63) is 59.8 Å². The average Bonchev–Trinajstić information content (AvgIpc) is 3.37. The van der Waals surface area contributed by atoms with E-state index < -0.39 is 17.5 Å². The van der Waals surface area contributed by atoms with E-state index in [0.717, 1.165) is 36.8 Å². The largest absolute Gasteiger partial charge is 0.475 e. The average molecular weight is 453 g/mol. The van der Waals surface area contributed by atoms with Crippen LogP contribution in [0.5, 0.6) is 5.88 Å². The first kappa shape index (κ1) is 21.4. The monoisotopic (exact) mass is 453 g/mol. The lowest BCUT2D eigenvalue weighted by Gasteiger charge is -2.12. The number of halogens is 3. The Bertz CT molecular complexity index is 1350. The first-order chi connectivity index (χ1) is 15.9. The van der Waals surface area contributed by atoms with Gasteiger partial charge in [0.2, 0.25) is 5.88 Å². The smallest absolute Gasteiger partial charge is 0.232 e. The summed E-state index contributed by atoms with van der Waals surface area (Å²) in [6, 6.07) is 6.94. The van der Waals surface area contributed by atoms with Crippen LogP contribution in [0.15, 0.2) is 36.5 Å². The van der Waals surface area contributed by atoms with Crippen LogP contribution in [0.1, 0.15) is 12.2 Å². The Hall–Kier alpha value is -3.46. The Morgan fingerprint density at radius 2 is 1.82 bits per heavy atom. The number of fused-ring (bicyclic) bond motifs is 2. The molecule has 0 N–H and O–H groups in total. The van der Waals surface area contributed by atoms with Crippen LogP contribution in [-0.2, 0) is 13.0 Å². The van der Waals surface area contributed by atoms with Gasteiger partial charge in [0, 0.05) is 36.7 Å². The fourth-order valence-corrected chi connectivity index (χ4v) is 4.05. The van der Waals surface area contributed by atoms with E-state index >= 15 is 0 Å². The van der Waals surface area contributed by atoms with Crippen molar-refractivity contribution in [3.8, 4) is 28.4 Å². The van der Waals surface area contributed by atoms with E-state index in [4.69, 9.17) is 4.74 Å². The van der Waals surface area contributed by atoms with Gasteiger partial charge in [-0.1, -0.05) is 6.07 Å². The summed E-state index contributed by atoms with van der Waals surface area (Å²) in [5, 5.41) is 0. The van der Waals surface area contributed by atoms with E-state index in [1.807, 2.05) is 41.8 Å². The maximum Gasteiger partial charge on any atom is 0.232 e. The van der Waals surface area contributed by atoms with Crippen molar-refractivity contribution in [1.29, 1.82) is 0 Å². The second-order valence-corrected chi connectivity index (χ2v) is 8.29. The molecule has 0 atom stereocenters. The molecule has 0 unspecified atom stereocenters. The molecule has 0 radical (unpaired) electrons. The molecule has 0 saturated carbocycles. The van der Waals surface area contributed by atoms with Crippen molar-refractivity contribution in [2.45, 2.75) is 19.4 Å². The lowest BCUT2D eigenvalue weighted by atomic mass is 10.0. The molecule has 0 spiro atoms. The van der Waals surface area contributed by atoms with Gasteiger partial charge in [-0.25, -0.2) is 28.1 Å². The van der Waals surface area contributed by atoms with Crippen LogP contribution in [0.25, 0.3) is 33.5 Å². The highest BCUT2D eigenvalue weighted by Crippen LogP contribution is 2.38. The van der Waals surface area contributed by atoms with E-state index in [-0.39, 0.29) is 11.3 Å². The maximum atomic E-state index is 14.7. The predicted octanol–water partition coefficient (Wildman–Crippen LogP) is 4.46. The number of rotatable bonds is 6. The first-order valence-electron chi connectivity index (χ1n) is 10.7. The van der Waals surface area contributed by atoms with Gasteiger partial charge < -0.3 is 14.2 Å². The molecule has 2 aromatic carbocycles. The van der Waals surface area contributed by atoms with Crippen LogP contribution in [0.2, 0.25) is 0 Å². The highest BCUT2D eigenvalue weighted by molar-refractivity contribution is 5.86. The molecule has 1 aliphatic heterocycles. The zero-order valence-electron chi connectivity index (χ0n) is 18.3. The molecule has 0 aliphatic carbocycles. The van der Waals surface area contributed by atoms with Crippen LogP contribution in [-0.4, -0.2) is 51.7 Å².